The van der Waals surface area contributed by atoms with Gasteiger partial charge in [0.1, 0.15) is 5.82 Å². The van der Waals surface area contributed by atoms with Gasteiger partial charge in [0.15, 0.2) is 0 Å². The molecule has 0 bridgehead atoms. The highest BCUT2D eigenvalue weighted by molar-refractivity contribution is 5.99. The minimum atomic E-state index is -0.410. The average molecular weight is 423 g/mol. The van der Waals surface area contributed by atoms with E-state index in [4.69, 9.17) is 0 Å². The zero-order valence-corrected chi connectivity index (χ0v) is 19.0. The van der Waals surface area contributed by atoms with Crippen LogP contribution in [0.2, 0.25) is 0 Å². The number of halogens is 1. The van der Waals surface area contributed by atoms with Crippen LogP contribution in [0.25, 0.3) is 16.6 Å². The number of carbonyl (C=O) groups is 1. The quantitative estimate of drug-likeness (QED) is 0.571. The predicted molar refractivity (Wildman–Crippen MR) is 122 cm³/mol. The van der Waals surface area contributed by atoms with Crippen LogP contribution in [0.3, 0.4) is 0 Å². The van der Waals surface area contributed by atoms with Gasteiger partial charge in [-0.25, -0.2) is 4.39 Å². The largest absolute Gasteiger partial charge is 0.334 e. The maximum Gasteiger partial charge on any atom is 0.256 e. The average Bonchev–Trinajstić information content (AvgIpc) is 3.06. The molecule has 2 aromatic heterocycles. The van der Waals surface area contributed by atoms with E-state index in [9.17, 15) is 9.18 Å². The number of likely N-dealkylation sites (tertiary alicyclic amines) is 1. The predicted octanol–water partition coefficient (Wildman–Crippen LogP) is 4.84. The molecule has 31 heavy (non-hydrogen) atoms. The molecule has 164 valence electrons. The third-order valence-corrected chi connectivity index (χ3v) is 6.28. The first-order valence-corrected chi connectivity index (χ1v) is 11.1. The van der Waals surface area contributed by atoms with Gasteiger partial charge < -0.3 is 14.4 Å². The topological polar surface area (TPSA) is 41.4 Å². The molecule has 0 atom stereocenters. The second-order valence-electron chi connectivity index (χ2n) is 8.96. The van der Waals surface area contributed by atoms with Crippen molar-refractivity contribution in [3.8, 4) is 5.69 Å². The van der Waals surface area contributed by atoms with E-state index in [0.717, 1.165) is 30.5 Å². The lowest BCUT2D eigenvalue weighted by molar-refractivity contribution is 0.0643. The van der Waals surface area contributed by atoms with E-state index < -0.39 is 5.82 Å². The molecule has 0 N–H and O–H groups in total. The van der Waals surface area contributed by atoms with Gasteiger partial charge in [0, 0.05) is 48.9 Å². The summed E-state index contributed by atoms with van der Waals surface area (Å²) < 4.78 is 16.3. The first-order valence-electron chi connectivity index (χ1n) is 11.1. The minimum absolute atomic E-state index is 0.0113. The SMILES string of the molecule is CCN1CC(c2cn(-c3ccc(F)cc3C(=O)N(C(C)C)C(C)C)c3cnccc23)C1. The van der Waals surface area contributed by atoms with E-state index in [2.05, 4.69) is 23.0 Å². The van der Waals surface area contributed by atoms with Crippen molar-refractivity contribution in [3.05, 3.63) is 59.8 Å². The number of nitrogens with zero attached hydrogens (tertiary/aromatic N) is 4. The van der Waals surface area contributed by atoms with Crippen LogP contribution in [0.1, 0.15) is 56.5 Å². The van der Waals surface area contributed by atoms with Gasteiger partial charge in [-0.2, -0.15) is 0 Å². The molecule has 0 saturated carbocycles. The number of carbonyl (C=O) groups excluding carboxylic acids is 1. The second kappa shape index (κ2) is 8.42. The zero-order valence-electron chi connectivity index (χ0n) is 19.0. The van der Waals surface area contributed by atoms with E-state index >= 15 is 0 Å². The summed E-state index contributed by atoms with van der Waals surface area (Å²) in [6, 6.07) is 6.55. The number of likely N-dealkylation sites (N-methyl/N-ethyl adjacent to an activating group) is 1. The van der Waals surface area contributed by atoms with E-state index in [-0.39, 0.29) is 18.0 Å². The van der Waals surface area contributed by atoms with Crippen LogP contribution >= 0.6 is 0 Å². The molecular weight excluding hydrogens is 391 g/mol. The van der Waals surface area contributed by atoms with E-state index in [0.29, 0.717) is 17.2 Å². The number of rotatable bonds is 6. The van der Waals surface area contributed by atoms with Crippen LogP contribution in [-0.4, -0.2) is 57.0 Å². The summed E-state index contributed by atoms with van der Waals surface area (Å²) in [5.41, 5.74) is 3.26. The van der Waals surface area contributed by atoms with Gasteiger partial charge in [0.05, 0.1) is 23.0 Å². The Labute approximate surface area is 183 Å². The summed E-state index contributed by atoms with van der Waals surface area (Å²) >= 11 is 0. The molecule has 6 heteroatoms. The van der Waals surface area contributed by atoms with Gasteiger partial charge in [-0.1, -0.05) is 6.92 Å². The fourth-order valence-electron chi connectivity index (χ4n) is 4.74. The molecule has 1 aliphatic rings. The van der Waals surface area contributed by atoms with E-state index in [1.807, 2.05) is 50.7 Å². The molecule has 3 heterocycles. The van der Waals surface area contributed by atoms with Crippen LogP contribution in [0.5, 0.6) is 0 Å². The van der Waals surface area contributed by atoms with Gasteiger partial charge >= 0.3 is 0 Å². The lowest BCUT2D eigenvalue weighted by atomic mass is 9.91. The van der Waals surface area contributed by atoms with Gasteiger partial charge in [0.2, 0.25) is 0 Å². The Balaban J connectivity index is 1.85. The molecule has 1 aromatic carbocycles. The zero-order chi connectivity index (χ0) is 22.3. The van der Waals surface area contributed by atoms with E-state index in [1.54, 1.807) is 11.0 Å². The van der Waals surface area contributed by atoms with Gasteiger partial charge in [-0.3, -0.25) is 9.78 Å². The Morgan fingerprint density at radius 2 is 1.90 bits per heavy atom. The Morgan fingerprint density at radius 3 is 2.55 bits per heavy atom. The molecule has 0 radical (unpaired) electrons. The smallest absolute Gasteiger partial charge is 0.256 e. The molecule has 1 saturated heterocycles. The van der Waals surface area contributed by atoms with Crippen molar-refractivity contribution >= 4 is 16.8 Å². The molecule has 0 aliphatic carbocycles. The number of pyridine rings is 1. The third kappa shape index (κ3) is 3.85. The van der Waals surface area contributed by atoms with Crippen molar-refractivity contribution < 1.29 is 9.18 Å². The van der Waals surface area contributed by atoms with Crippen molar-refractivity contribution in [2.45, 2.75) is 52.6 Å². The fourth-order valence-corrected chi connectivity index (χ4v) is 4.74. The summed E-state index contributed by atoms with van der Waals surface area (Å²) in [5, 5.41) is 1.14. The van der Waals surface area contributed by atoms with Gasteiger partial charge in [-0.15, -0.1) is 0 Å². The van der Waals surface area contributed by atoms with Crippen LogP contribution < -0.4 is 0 Å². The first kappa shape index (κ1) is 21.5. The lowest BCUT2D eigenvalue weighted by Crippen LogP contribution is -2.44. The number of aromatic nitrogens is 2. The van der Waals surface area contributed by atoms with Gasteiger partial charge in [-0.05, 0) is 64.1 Å². The van der Waals surface area contributed by atoms with Crippen LogP contribution in [0.15, 0.2) is 42.9 Å². The number of amides is 1. The Hall–Kier alpha value is -2.73. The van der Waals surface area contributed by atoms with Crippen LogP contribution in [0.4, 0.5) is 4.39 Å². The highest BCUT2D eigenvalue weighted by Gasteiger charge is 2.31. The number of hydrogen-bond acceptors (Lipinski definition) is 3. The molecule has 3 aromatic rings. The maximum atomic E-state index is 14.3. The standard InChI is InChI=1S/C25H31FN4O/c1-6-28-13-18(14-28)22-15-29(24-12-27-10-9-20(22)24)23-8-7-19(26)11-21(23)25(31)30(16(2)3)17(4)5/h7-12,15-18H,6,13-14H2,1-5H3. The molecule has 1 amide bonds. The highest BCUT2D eigenvalue weighted by Crippen LogP contribution is 2.35. The lowest BCUT2D eigenvalue weighted by Gasteiger charge is -2.38. The van der Waals surface area contributed by atoms with E-state index in [1.165, 1.54) is 17.7 Å². The first-order chi connectivity index (χ1) is 14.8. The van der Waals surface area contributed by atoms with Crippen molar-refractivity contribution in [3.63, 3.8) is 0 Å². The Morgan fingerprint density at radius 1 is 1.19 bits per heavy atom. The van der Waals surface area contributed by atoms with Crippen LogP contribution in [-0.2, 0) is 0 Å². The number of hydrogen-bond donors (Lipinski definition) is 0. The van der Waals surface area contributed by atoms with Crippen molar-refractivity contribution in [1.29, 1.82) is 0 Å². The summed E-state index contributed by atoms with van der Waals surface area (Å²) in [4.78, 5) is 22.1. The Bertz CT molecular complexity index is 1090. The summed E-state index contributed by atoms with van der Waals surface area (Å²) in [7, 11) is 0. The maximum absolute atomic E-state index is 14.3. The molecule has 1 fully saturated rings. The molecule has 1 aliphatic heterocycles. The van der Waals surface area contributed by atoms with Crippen molar-refractivity contribution in [2.75, 3.05) is 19.6 Å². The third-order valence-electron chi connectivity index (χ3n) is 6.28. The summed E-state index contributed by atoms with van der Waals surface area (Å²) in [5.74, 6) is -0.118. The molecule has 4 rings (SSSR count). The molecule has 0 spiro atoms. The Kier molecular flexibility index (Phi) is 5.84. The van der Waals surface area contributed by atoms with Crippen molar-refractivity contribution in [2.24, 2.45) is 0 Å². The number of benzene rings is 1. The minimum Gasteiger partial charge on any atom is -0.334 e. The number of fused-ring (bicyclic) bond motifs is 1. The molecule has 5 nitrogen and oxygen atoms in total. The second-order valence-corrected chi connectivity index (χ2v) is 8.96. The summed E-state index contributed by atoms with van der Waals surface area (Å²) in [6.45, 7) is 13.2. The molecular formula is C25H31FN4O. The van der Waals surface area contributed by atoms with Crippen LogP contribution in [0, 0.1) is 5.82 Å². The fraction of sp³-hybridized carbons (Fsp3) is 0.440. The highest BCUT2D eigenvalue weighted by atomic mass is 19.1. The van der Waals surface area contributed by atoms with Crippen molar-refractivity contribution in [1.82, 2.24) is 19.4 Å². The normalized spacial score (nSPS) is 15.1. The summed E-state index contributed by atoms with van der Waals surface area (Å²) in [6.07, 6.45) is 5.75. The molecule has 0 unspecified atom stereocenters. The van der Waals surface area contributed by atoms with Gasteiger partial charge in [0.25, 0.3) is 5.91 Å². The monoisotopic (exact) mass is 422 g/mol.